The highest BCUT2D eigenvalue weighted by Gasteiger charge is 2.17. The number of aryl methyl sites for hydroxylation is 2. The van der Waals surface area contributed by atoms with Crippen LogP contribution in [0.4, 0.5) is 8.78 Å². The molecule has 3 aromatic heterocycles. The number of hydrogen-bond acceptors (Lipinski definition) is 4. The third-order valence-electron chi connectivity index (χ3n) is 5.13. The Morgan fingerprint density at radius 3 is 2.58 bits per heavy atom. The molecule has 0 atom stereocenters. The van der Waals surface area contributed by atoms with Crippen molar-refractivity contribution in [3.63, 3.8) is 0 Å². The van der Waals surface area contributed by atoms with Crippen LogP contribution in [0.5, 0.6) is 5.75 Å². The van der Waals surface area contributed by atoms with Gasteiger partial charge in [-0.25, -0.2) is 0 Å². The number of ether oxygens (including phenoxy) is 1. The second-order valence-electron chi connectivity index (χ2n) is 7.23. The van der Waals surface area contributed by atoms with Crippen molar-refractivity contribution in [2.24, 2.45) is 7.05 Å². The Morgan fingerprint density at radius 1 is 1.06 bits per heavy atom. The molecule has 0 bridgehead atoms. The van der Waals surface area contributed by atoms with Gasteiger partial charge in [0, 0.05) is 29.9 Å². The molecule has 1 N–H and O–H groups in total. The van der Waals surface area contributed by atoms with Gasteiger partial charge >= 0.3 is 6.61 Å². The van der Waals surface area contributed by atoms with Gasteiger partial charge < -0.3 is 4.74 Å². The van der Waals surface area contributed by atoms with E-state index in [0.29, 0.717) is 28.0 Å². The van der Waals surface area contributed by atoms with Crippen molar-refractivity contribution in [3.8, 4) is 22.6 Å². The number of pyridine rings is 1. The van der Waals surface area contributed by atoms with E-state index in [1.54, 1.807) is 22.9 Å². The Bertz CT molecular complexity index is 1480. The zero-order valence-corrected chi connectivity index (χ0v) is 16.6. The Hall–Kier alpha value is -4.01. The molecule has 5 rings (SSSR count). The molecule has 7 nitrogen and oxygen atoms in total. The number of alkyl halides is 2. The highest BCUT2D eigenvalue weighted by Crippen LogP contribution is 2.27. The molecule has 31 heavy (non-hydrogen) atoms. The Kier molecular flexibility index (Phi) is 4.32. The molecule has 0 fully saturated rings. The molecule has 2 aromatic carbocycles. The summed E-state index contributed by atoms with van der Waals surface area (Å²) in [5, 5.41) is 12.5. The first-order valence-electron chi connectivity index (χ1n) is 9.50. The molecule has 9 heteroatoms. The average Bonchev–Trinajstić information content (AvgIpc) is 3.29. The summed E-state index contributed by atoms with van der Waals surface area (Å²) in [7, 11) is 1.84. The molecule has 0 amide bonds. The quantitative estimate of drug-likeness (QED) is 0.472. The molecule has 0 saturated heterocycles. The normalized spacial score (nSPS) is 11.6. The molecule has 0 aliphatic carbocycles. The zero-order chi connectivity index (χ0) is 21.7. The molecule has 156 valence electrons. The van der Waals surface area contributed by atoms with Crippen molar-refractivity contribution in [1.82, 2.24) is 24.5 Å². The highest BCUT2D eigenvalue weighted by molar-refractivity contribution is 5.88. The van der Waals surface area contributed by atoms with Crippen LogP contribution in [0.25, 0.3) is 38.8 Å². The number of hydrogen-bond donors (Lipinski definition) is 1. The maximum atomic E-state index is 13.6. The SMILES string of the molecule is Cc1[nH]nc2cc(-c3ccc4nn(C)cc4c3)c(=O)n(-c3ccc(OC(F)F)cc3)c12. The van der Waals surface area contributed by atoms with E-state index in [1.807, 2.05) is 38.4 Å². The summed E-state index contributed by atoms with van der Waals surface area (Å²) in [4.78, 5) is 13.6. The van der Waals surface area contributed by atoms with Crippen LogP contribution in [-0.2, 0) is 7.05 Å². The van der Waals surface area contributed by atoms with E-state index in [1.165, 1.54) is 16.7 Å². The maximum absolute atomic E-state index is 13.6. The number of benzene rings is 2. The van der Waals surface area contributed by atoms with Crippen molar-refractivity contribution < 1.29 is 13.5 Å². The van der Waals surface area contributed by atoms with E-state index in [4.69, 9.17) is 0 Å². The minimum Gasteiger partial charge on any atom is -0.435 e. The molecule has 3 heterocycles. The van der Waals surface area contributed by atoms with Crippen LogP contribution in [0, 0.1) is 6.92 Å². The summed E-state index contributed by atoms with van der Waals surface area (Å²) in [5.74, 6) is 0.0187. The number of aromatic amines is 1. The molecule has 0 unspecified atom stereocenters. The predicted molar refractivity (Wildman–Crippen MR) is 113 cm³/mol. The molecule has 0 radical (unpaired) electrons. The van der Waals surface area contributed by atoms with Gasteiger partial charge in [0.25, 0.3) is 5.56 Å². The molecule has 0 spiro atoms. The van der Waals surface area contributed by atoms with Gasteiger partial charge in [-0.15, -0.1) is 0 Å². The fourth-order valence-corrected chi connectivity index (χ4v) is 3.79. The zero-order valence-electron chi connectivity index (χ0n) is 16.6. The third kappa shape index (κ3) is 3.24. The summed E-state index contributed by atoms with van der Waals surface area (Å²) in [5.41, 5.74) is 4.27. The van der Waals surface area contributed by atoms with E-state index in [9.17, 15) is 13.6 Å². The summed E-state index contributed by atoms with van der Waals surface area (Å²) in [6, 6.07) is 13.3. The lowest BCUT2D eigenvalue weighted by Gasteiger charge is -2.12. The topological polar surface area (TPSA) is 77.7 Å². The number of nitrogens with one attached hydrogen (secondary N) is 1. The van der Waals surface area contributed by atoms with Gasteiger partial charge in [0.15, 0.2) is 0 Å². The van der Waals surface area contributed by atoms with Gasteiger partial charge in [-0.05, 0) is 55.0 Å². The maximum Gasteiger partial charge on any atom is 0.387 e. The Morgan fingerprint density at radius 2 is 1.84 bits per heavy atom. The van der Waals surface area contributed by atoms with Gasteiger partial charge in [-0.1, -0.05) is 6.07 Å². The van der Waals surface area contributed by atoms with Crippen LogP contribution in [0.15, 0.2) is 59.5 Å². The second-order valence-corrected chi connectivity index (χ2v) is 7.23. The van der Waals surface area contributed by atoms with Crippen LogP contribution in [0.3, 0.4) is 0 Å². The van der Waals surface area contributed by atoms with Crippen LogP contribution in [0.2, 0.25) is 0 Å². The van der Waals surface area contributed by atoms with Crippen molar-refractivity contribution >= 4 is 21.9 Å². The van der Waals surface area contributed by atoms with Crippen molar-refractivity contribution in [2.75, 3.05) is 0 Å². The van der Waals surface area contributed by atoms with Crippen LogP contribution >= 0.6 is 0 Å². The number of halogens is 2. The third-order valence-corrected chi connectivity index (χ3v) is 5.13. The van der Waals surface area contributed by atoms with Gasteiger partial charge in [0.05, 0.1) is 16.7 Å². The molecule has 0 saturated carbocycles. The van der Waals surface area contributed by atoms with Crippen LogP contribution < -0.4 is 10.3 Å². The van der Waals surface area contributed by atoms with Crippen molar-refractivity contribution in [2.45, 2.75) is 13.5 Å². The number of nitrogens with zero attached hydrogens (tertiary/aromatic N) is 4. The number of rotatable bonds is 4. The first-order chi connectivity index (χ1) is 14.9. The predicted octanol–water partition coefficient (Wildman–Crippen LogP) is 4.18. The fourth-order valence-electron chi connectivity index (χ4n) is 3.79. The molecule has 0 aliphatic heterocycles. The standard InChI is InChI=1S/C22H17F2N5O2/c1-12-20-19(26-25-12)10-17(13-3-8-18-14(9-13)11-28(2)27-18)21(30)29(20)15-4-6-16(7-5-15)31-22(23)24/h3-11,22H,1-2H3,(H,25,26). The van der Waals surface area contributed by atoms with Gasteiger partial charge in [0.2, 0.25) is 0 Å². The number of H-pyrrole nitrogens is 1. The largest absolute Gasteiger partial charge is 0.435 e. The molecular formula is C22H17F2N5O2. The van der Waals surface area contributed by atoms with E-state index in [0.717, 1.165) is 16.5 Å². The van der Waals surface area contributed by atoms with E-state index >= 15 is 0 Å². The van der Waals surface area contributed by atoms with Crippen LogP contribution in [-0.4, -0.2) is 31.2 Å². The summed E-state index contributed by atoms with van der Waals surface area (Å²) < 4.78 is 32.6. The Labute approximate surface area is 174 Å². The first-order valence-corrected chi connectivity index (χ1v) is 9.50. The van der Waals surface area contributed by atoms with E-state index in [2.05, 4.69) is 20.0 Å². The van der Waals surface area contributed by atoms with E-state index < -0.39 is 6.61 Å². The van der Waals surface area contributed by atoms with Gasteiger partial charge in [-0.2, -0.15) is 19.0 Å². The Balaban J connectivity index is 1.73. The van der Waals surface area contributed by atoms with Crippen LogP contribution in [0.1, 0.15) is 5.69 Å². The summed E-state index contributed by atoms with van der Waals surface area (Å²) >= 11 is 0. The lowest BCUT2D eigenvalue weighted by molar-refractivity contribution is -0.0498. The highest BCUT2D eigenvalue weighted by atomic mass is 19.3. The van der Waals surface area contributed by atoms with Crippen molar-refractivity contribution in [3.05, 3.63) is 70.8 Å². The minimum atomic E-state index is -2.91. The molecular weight excluding hydrogens is 404 g/mol. The number of fused-ring (bicyclic) bond motifs is 2. The monoisotopic (exact) mass is 421 g/mol. The molecule has 0 aliphatic rings. The smallest absolute Gasteiger partial charge is 0.387 e. The number of aromatic nitrogens is 5. The van der Waals surface area contributed by atoms with Gasteiger partial charge in [-0.3, -0.25) is 19.1 Å². The molecule has 5 aromatic rings. The first kappa shape index (κ1) is 19.0. The average molecular weight is 421 g/mol. The lowest BCUT2D eigenvalue weighted by Crippen LogP contribution is -2.20. The van der Waals surface area contributed by atoms with Gasteiger partial charge in [0.1, 0.15) is 11.3 Å². The van der Waals surface area contributed by atoms with Crippen molar-refractivity contribution in [1.29, 1.82) is 0 Å². The summed E-state index contributed by atoms with van der Waals surface area (Å²) in [6.45, 7) is -1.09. The summed E-state index contributed by atoms with van der Waals surface area (Å²) in [6.07, 6.45) is 1.89. The lowest BCUT2D eigenvalue weighted by atomic mass is 10.0. The fraction of sp³-hybridized carbons (Fsp3) is 0.136. The second kappa shape index (κ2) is 7.05. The van der Waals surface area contributed by atoms with E-state index in [-0.39, 0.29) is 11.3 Å². The minimum absolute atomic E-state index is 0.0187.